The van der Waals surface area contributed by atoms with Crippen LogP contribution in [0.5, 0.6) is 0 Å². The van der Waals surface area contributed by atoms with Crippen molar-refractivity contribution in [2.75, 3.05) is 26.4 Å². The average molecular weight is 438 g/mol. The molecular weight excluding hydrogens is 409 g/mol. The number of amides is 1. The Labute approximate surface area is 180 Å². The van der Waals surface area contributed by atoms with Gasteiger partial charge in [0, 0.05) is 45.0 Å². The molecule has 1 amide bonds. The lowest BCUT2D eigenvalue weighted by molar-refractivity contribution is -0.145. The Morgan fingerprint density at radius 3 is 2.71 bits per heavy atom. The SMILES string of the molecule is O=C(N1CCc2ccc(C(F)(F)F)cc2C1)[C@@]12CCO[C@@H]1C[C@@H](NC1CCOCC1)C2. The Balaban J connectivity index is 1.31. The molecule has 2 saturated heterocycles. The Morgan fingerprint density at radius 1 is 1.13 bits per heavy atom. The Morgan fingerprint density at radius 2 is 1.94 bits per heavy atom. The van der Waals surface area contributed by atoms with Crippen LogP contribution in [0.1, 0.15) is 48.8 Å². The van der Waals surface area contributed by atoms with Gasteiger partial charge in [-0.15, -0.1) is 0 Å². The molecule has 0 spiro atoms. The van der Waals surface area contributed by atoms with Gasteiger partial charge < -0.3 is 19.7 Å². The smallest absolute Gasteiger partial charge is 0.381 e. The highest BCUT2D eigenvalue weighted by molar-refractivity contribution is 5.84. The number of hydrogen-bond acceptors (Lipinski definition) is 4. The van der Waals surface area contributed by atoms with E-state index in [1.165, 1.54) is 6.07 Å². The first-order chi connectivity index (χ1) is 14.8. The molecule has 170 valence electrons. The highest BCUT2D eigenvalue weighted by Crippen LogP contribution is 2.49. The quantitative estimate of drug-likeness (QED) is 0.787. The number of halogens is 3. The number of ether oxygens (including phenoxy) is 2. The molecule has 0 unspecified atom stereocenters. The summed E-state index contributed by atoms with van der Waals surface area (Å²) in [5, 5.41) is 3.71. The molecular formula is C23H29F3N2O3. The van der Waals surface area contributed by atoms with Crippen LogP contribution in [0, 0.1) is 5.41 Å². The summed E-state index contributed by atoms with van der Waals surface area (Å²) in [6.07, 6.45) is 0.296. The van der Waals surface area contributed by atoms with Crippen molar-refractivity contribution in [2.45, 2.75) is 69.4 Å². The summed E-state index contributed by atoms with van der Waals surface area (Å²) in [5.74, 6) is 0.0503. The molecule has 5 rings (SSSR count). The van der Waals surface area contributed by atoms with Gasteiger partial charge in [-0.2, -0.15) is 13.2 Å². The van der Waals surface area contributed by atoms with Crippen LogP contribution in [0.4, 0.5) is 13.2 Å². The van der Waals surface area contributed by atoms with E-state index in [1.54, 1.807) is 11.0 Å². The summed E-state index contributed by atoms with van der Waals surface area (Å²) < 4.78 is 50.9. The van der Waals surface area contributed by atoms with Gasteiger partial charge in [0.25, 0.3) is 0 Å². The normalized spacial score (nSPS) is 31.5. The van der Waals surface area contributed by atoms with Crippen molar-refractivity contribution in [3.8, 4) is 0 Å². The highest BCUT2D eigenvalue weighted by atomic mass is 19.4. The van der Waals surface area contributed by atoms with E-state index in [-0.39, 0.29) is 24.6 Å². The molecule has 3 heterocycles. The van der Waals surface area contributed by atoms with E-state index in [2.05, 4.69) is 5.32 Å². The fourth-order valence-electron chi connectivity index (χ4n) is 5.89. The molecule has 3 fully saturated rings. The first-order valence-electron chi connectivity index (χ1n) is 11.3. The van der Waals surface area contributed by atoms with Crippen LogP contribution in [0.25, 0.3) is 0 Å². The van der Waals surface area contributed by atoms with Crippen LogP contribution >= 0.6 is 0 Å². The predicted octanol–water partition coefficient (Wildman–Crippen LogP) is 3.30. The second-order valence-electron chi connectivity index (χ2n) is 9.41. The van der Waals surface area contributed by atoms with Gasteiger partial charge in [-0.05, 0) is 61.8 Å². The number of hydrogen-bond donors (Lipinski definition) is 1. The summed E-state index contributed by atoms with van der Waals surface area (Å²) >= 11 is 0. The van der Waals surface area contributed by atoms with E-state index < -0.39 is 17.2 Å². The maximum Gasteiger partial charge on any atom is 0.416 e. The topological polar surface area (TPSA) is 50.8 Å². The van der Waals surface area contributed by atoms with Crippen LogP contribution < -0.4 is 5.32 Å². The van der Waals surface area contributed by atoms with Gasteiger partial charge in [0.1, 0.15) is 0 Å². The van der Waals surface area contributed by atoms with Crippen molar-refractivity contribution < 1.29 is 27.4 Å². The van der Waals surface area contributed by atoms with Gasteiger partial charge in [0.05, 0.1) is 17.1 Å². The summed E-state index contributed by atoms with van der Waals surface area (Å²) in [7, 11) is 0. The van der Waals surface area contributed by atoms with Gasteiger partial charge >= 0.3 is 6.18 Å². The molecule has 8 heteroatoms. The molecule has 1 aromatic rings. The summed E-state index contributed by atoms with van der Waals surface area (Å²) in [5.41, 5.74) is 0.305. The highest BCUT2D eigenvalue weighted by Gasteiger charge is 2.57. The van der Waals surface area contributed by atoms with E-state index >= 15 is 0 Å². The lowest BCUT2D eigenvalue weighted by atomic mass is 9.80. The van der Waals surface area contributed by atoms with Crippen molar-refractivity contribution in [1.29, 1.82) is 0 Å². The fourth-order valence-corrected chi connectivity index (χ4v) is 5.89. The third-order valence-electron chi connectivity index (χ3n) is 7.54. The van der Waals surface area contributed by atoms with Gasteiger partial charge in [0.15, 0.2) is 0 Å². The van der Waals surface area contributed by atoms with Crippen molar-refractivity contribution in [1.82, 2.24) is 10.2 Å². The Kier molecular flexibility index (Phi) is 5.51. The summed E-state index contributed by atoms with van der Waals surface area (Å²) in [4.78, 5) is 15.5. The number of benzene rings is 1. The van der Waals surface area contributed by atoms with E-state index in [4.69, 9.17) is 9.47 Å². The maximum atomic E-state index is 13.7. The minimum Gasteiger partial charge on any atom is -0.381 e. The first kappa shape index (κ1) is 21.2. The Bertz CT molecular complexity index is 840. The lowest BCUT2D eigenvalue weighted by Gasteiger charge is -2.37. The van der Waals surface area contributed by atoms with Crippen molar-refractivity contribution in [2.24, 2.45) is 5.41 Å². The number of carbonyl (C=O) groups is 1. The van der Waals surface area contributed by atoms with Gasteiger partial charge in [0.2, 0.25) is 5.91 Å². The molecule has 1 N–H and O–H groups in total. The number of fused-ring (bicyclic) bond motifs is 2. The fraction of sp³-hybridized carbons (Fsp3) is 0.696. The average Bonchev–Trinajstić information content (AvgIpc) is 3.30. The van der Waals surface area contributed by atoms with Crippen molar-refractivity contribution in [3.63, 3.8) is 0 Å². The molecule has 1 saturated carbocycles. The molecule has 0 radical (unpaired) electrons. The zero-order valence-corrected chi connectivity index (χ0v) is 17.5. The Hall–Kier alpha value is -1.64. The number of nitrogens with one attached hydrogen (secondary N) is 1. The lowest BCUT2D eigenvalue weighted by Crippen LogP contribution is -2.48. The van der Waals surface area contributed by atoms with E-state index in [0.717, 1.165) is 50.5 Å². The molecule has 3 aliphatic heterocycles. The standard InChI is InChI=1S/C23H29F3N2O3/c24-23(25,26)17-2-1-15-3-7-28(14-16(15)11-17)21(29)22-6-10-31-20(22)12-19(13-22)27-18-4-8-30-9-5-18/h1-2,11,18-20,27H,3-10,12-14H2/t19-,20-,22-/m1/s1. The zero-order chi connectivity index (χ0) is 21.6. The molecule has 1 aromatic carbocycles. The predicted molar refractivity (Wildman–Crippen MR) is 107 cm³/mol. The first-order valence-corrected chi connectivity index (χ1v) is 11.3. The molecule has 0 bridgehead atoms. The monoisotopic (exact) mass is 438 g/mol. The van der Waals surface area contributed by atoms with Crippen LogP contribution in [-0.4, -0.2) is 55.4 Å². The zero-order valence-electron chi connectivity index (χ0n) is 17.5. The number of alkyl halides is 3. The molecule has 1 aliphatic carbocycles. The number of carbonyl (C=O) groups excluding carboxylic acids is 1. The second-order valence-corrected chi connectivity index (χ2v) is 9.41. The van der Waals surface area contributed by atoms with E-state index in [1.807, 2.05) is 0 Å². The molecule has 0 aromatic heterocycles. The molecule has 3 atom stereocenters. The van der Waals surface area contributed by atoms with Crippen molar-refractivity contribution >= 4 is 5.91 Å². The number of rotatable bonds is 3. The molecule has 31 heavy (non-hydrogen) atoms. The molecule has 5 nitrogen and oxygen atoms in total. The number of nitrogens with zero attached hydrogens (tertiary/aromatic N) is 1. The van der Waals surface area contributed by atoms with Gasteiger partial charge in [-0.1, -0.05) is 6.07 Å². The van der Waals surface area contributed by atoms with Crippen LogP contribution in [0.2, 0.25) is 0 Å². The summed E-state index contributed by atoms with van der Waals surface area (Å²) in [6, 6.07) is 4.54. The van der Waals surface area contributed by atoms with Crippen LogP contribution in [-0.2, 0) is 33.4 Å². The van der Waals surface area contributed by atoms with E-state index in [9.17, 15) is 18.0 Å². The van der Waals surface area contributed by atoms with E-state index in [0.29, 0.717) is 37.6 Å². The summed E-state index contributed by atoms with van der Waals surface area (Å²) in [6.45, 7) is 2.89. The third kappa shape index (κ3) is 3.98. The second kappa shape index (κ2) is 8.05. The van der Waals surface area contributed by atoms with Crippen molar-refractivity contribution in [3.05, 3.63) is 34.9 Å². The van der Waals surface area contributed by atoms with Gasteiger partial charge in [-0.25, -0.2) is 0 Å². The largest absolute Gasteiger partial charge is 0.416 e. The van der Waals surface area contributed by atoms with Gasteiger partial charge in [-0.3, -0.25) is 4.79 Å². The minimum atomic E-state index is -4.38. The van der Waals surface area contributed by atoms with Crippen LogP contribution in [0.15, 0.2) is 18.2 Å². The molecule has 4 aliphatic rings. The third-order valence-corrected chi connectivity index (χ3v) is 7.54. The minimum absolute atomic E-state index is 0.0503. The van der Waals surface area contributed by atoms with Crippen LogP contribution in [0.3, 0.4) is 0 Å². The maximum absolute atomic E-state index is 13.7.